The summed E-state index contributed by atoms with van der Waals surface area (Å²) in [4.78, 5) is 17.6. The average Bonchev–Trinajstić information content (AvgIpc) is 3.58. The zero-order chi connectivity index (χ0) is 25.9. The molecule has 4 heterocycles. The fourth-order valence-electron chi connectivity index (χ4n) is 4.35. The summed E-state index contributed by atoms with van der Waals surface area (Å²) < 4.78 is 12.4. The van der Waals surface area contributed by atoms with Crippen LogP contribution in [0, 0.1) is 0 Å². The van der Waals surface area contributed by atoms with E-state index in [1.165, 1.54) is 0 Å². The quantitative estimate of drug-likeness (QED) is 0.300. The van der Waals surface area contributed by atoms with Gasteiger partial charge in [-0.1, -0.05) is 12.1 Å². The first-order chi connectivity index (χ1) is 18.6. The second kappa shape index (κ2) is 10.2. The molecule has 190 valence electrons. The monoisotopic (exact) mass is 504 g/mol. The SMILES string of the molecule is CN1C=CN(c2cccc(Oc3ccnc(-c4cc(Oc5cccc(N6C=CN(C)C6)c5)ccn4)c3)c2)C1. The zero-order valence-corrected chi connectivity index (χ0v) is 21.3. The van der Waals surface area contributed by atoms with Gasteiger partial charge in [0.25, 0.3) is 0 Å². The van der Waals surface area contributed by atoms with Gasteiger partial charge in [-0.05, 0) is 36.4 Å². The molecular weight excluding hydrogens is 476 g/mol. The normalized spacial score (nSPS) is 14.5. The van der Waals surface area contributed by atoms with Gasteiger partial charge in [0.2, 0.25) is 0 Å². The Balaban J connectivity index is 1.17. The summed E-state index contributed by atoms with van der Waals surface area (Å²) in [6.07, 6.45) is 11.7. The van der Waals surface area contributed by atoms with Gasteiger partial charge in [-0.2, -0.15) is 0 Å². The van der Waals surface area contributed by atoms with Crippen LogP contribution in [-0.4, -0.2) is 47.2 Å². The van der Waals surface area contributed by atoms with Crippen molar-refractivity contribution in [3.8, 4) is 34.4 Å². The second-order valence-corrected chi connectivity index (χ2v) is 9.29. The van der Waals surface area contributed by atoms with Crippen molar-refractivity contribution in [2.75, 3.05) is 37.2 Å². The van der Waals surface area contributed by atoms with Gasteiger partial charge < -0.3 is 29.1 Å². The van der Waals surface area contributed by atoms with E-state index in [4.69, 9.17) is 9.47 Å². The molecule has 4 aromatic rings. The Hall–Kier alpha value is -4.98. The van der Waals surface area contributed by atoms with Crippen LogP contribution in [0.25, 0.3) is 11.4 Å². The second-order valence-electron chi connectivity index (χ2n) is 9.29. The minimum Gasteiger partial charge on any atom is -0.457 e. The van der Waals surface area contributed by atoms with E-state index in [0.29, 0.717) is 22.9 Å². The predicted octanol–water partition coefficient (Wildman–Crippen LogP) is 6.09. The average molecular weight is 505 g/mol. The molecule has 38 heavy (non-hydrogen) atoms. The fourth-order valence-corrected chi connectivity index (χ4v) is 4.35. The Kier molecular flexibility index (Phi) is 6.27. The van der Waals surface area contributed by atoms with Crippen LogP contribution in [0.5, 0.6) is 23.0 Å². The molecular formula is C30H28N6O2. The Morgan fingerprint density at radius 1 is 0.553 bits per heavy atom. The van der Waals surface area contributed by atoms with Gasteiger partial charge in [0.1, 0.15) is 23.0 Å². The topological polar surface area (TPSA) is 57.2 Å². The molecule has 2 aromatic heterocycles. The van der Waals surface area contributed by atoms with Crippen LogP contribution >= 0.6 is 0 Å². The van der Waals surface area contributed by atoms with Crippen molar-refractivity contribution >= 4 is 11.4 Å². The maximum atomic E-state index is 6.19. The molecule has 0 spiro atoms. The first-order valence-electron chi connectivity index (χ1n) is 12.4. The van der Waals surface area contributed by atoms with Crippen LogP contribution < -0.4 is 19.3 Å². The lowest BCUT2D eigenvalue weighted by Gasteiger charge is -2.19. The third-order valence-electron chi connectivity index (χ3n) is 6.25. The summed E-state index contributed by atoms with van der Waals surface area (Å²) in [5.41, 5.74) is 3.54. The lowest BCUT2D eigenvalue weighted by atomic mass is 10.2. The fraction of sp³-hybridized carbons (Fsp3) is 0.133. The Morgan fingerprint density at radius 3 is 1.42 bits per heavy atom. The molecule has 0 fully saturated rings. The summed E-state index contributed by atoms with van der Waals surface area (Å²) in [6.45, 7) is 1.62. The van der Waals surface area contributed by atoms with Crippen LogP contribution in [0.3, 0.4) is 0 Å². The lowest BCUT2D eigenvalue weighted by Crippen LogP contribution is -2.21. The Labute approximate surface area is 222 Å². The molecule has 2 aliphatic heterocycles. The molecule has 0 bridgehead atoms. The number of benzene rings is 2. The molecule has 0 N–H and O–H groups in total. The molecule has 0 saturated carbocycles. The van der Waals surface area contributed by atoms with Gasteiger partial charge in [-0.15, -0.1) is 0 Å². The van der Waals surface area contributed by atoms with Crippen LogP contribution in [0.15, 0.2) is 110 Å². The van der Waals surface area contributed by atoms with Gasteiger partial charge in [0, 0.05) is 86.9 Å². The van der Waals surface area contributed by atoms with E-state index in [1.54, 1.807) is 12.4 Å². The highest BCUT2D eigenvalue weighted by Crippen LogP contribution is 2.31. The van der Waals surface area contributed by atoms with Crippen molar-refractivity contribution < 1.29 is 9.47 Å². The smallest absolute Gasteiger partial charge is 0.131 e. The maximum absolute atomic E-state index is 6.19. The van der Waals surface area contributed by atoms with Crippen molar-refractivity contribution in [1.82, 2.24) is 19.8 Å². The van der Waals surface area contributed by atoms with Crippen molar-refractivity contribution in [1.29, 1.82) is 0 Å². The highest BCUT2D eigenvalue weighted by molar-refractivity contribution is 5.60. The molecule has 0 atom stereocenters. The Morgan fingerprint density at radius 2 is 1.00 bits per heavy atom. The van der Waals surface area contributed by atoms with Crippen molar-refractivity contribution in [3.63, 3.8) is 0 Å². The van der Waals surface area contributed by atoms with Crippen molar-refractivity contribution in [3.05, 3.63) is 110 Å². The van der Waals surface area contributed by atoms with Crippen LogP contribution in [0.2, 0.25) is 0 Å². The van der Waals surface area contributed by atoms with E-state index in [0.717, 1.165) is 36.2 Å². The van der Waals surface area contributed by atoms with E-state index in [-0.39, 0.29) is 0 Å². The van der Waals surface area contributed by atoms with E-state index < -0.39 is 0 Å². The highest BCUT2D eigenvalue weighted by Gasteiger charge is 2.13. The lowest BCUT2D eigenvalue weighted by molar-refractivity contribution is 0.479. The minimum absolute atomic E-state index is 0.686. The molecule has 8 nitrogen and oxygen atoms in total. The Bertz CT molecular complexity index is 1390. The molecule has 0 amide bonds. The molecule has 6 rings (SSSR count). The largest absolute Gasteiger partial charge is 0.457 e. The van der Waals surface area contributed by atoms with Crippen LogP contribution in [-0.2, 0) is 0 Å². The molecule has 0 radical (unpaired) electrons. The number of anilines is 2. The highest BCUT2D eigenvalue weighted by atomic mass is 16.5. The molecule has 0 aliphatic carbocycles. The number of pyridine rings is 2. The summed E-state index contributed by atoms with van der Waals surface area (Å²) in [5.74, 6) is 2.88. The zero-order valence-electron chi connectivity index (χ0n) is 21.3. The number of hydrogen-bond acceptors (Lipinski definition) is 8. The number of nitrogens with zero attached hydrogens (tertiary/aromatic N) is 6. The summed E-state index contributed by atoms with van der Waals surface area (Å²) in [5, 5.41) is 0. The third-order valence-corrected chi connectivity index (χ3v) is 6.25. The number of ether oxygens (including phenoxy) is 2. The van der Waals surface area contributed by atoms with E-state index in [2.05, 4.69) is 54.1 Å². The van der Waals surface area contributed by atoms with E-state index >= 15 is 0 Å². The number of hydrogen-bond donors (Lipinski definition) is 0. The first-order valence-corrected chi connectivity index (χ1v) is 12.4. The van der Waals surface area contributed by atoms with Crippen molar-refractivity contribution in [2.24, 2.45) is 0 Å². The van der Waals surface area contributed by atoms with Crippen LogP contribution in [0.1, 0.15) is 0 Å². The summed E-state index contributed by atoms with van der Waals surface area (Å²) >= 11 is 0. The summed E-state index contributed by atoms with van der Waals surface area (Å²) in [6, 6.07) is 23.5. The minimum atomic E-state index is 0.686. The maximum Gasteiger partial charge on any atom is 0.131 e. The van der Waals surface area contributed by atoms with E-state index in [1.807, 2.05) is 87.2 Å². The van der Waals surface area contributed by atoms with Crippen molar-refractivity contribution in [2.45, 2.75) is 0 Å². The first kappa shape index (κ1) is 23.4. The molecule has 8 heteroatoms. The molecule has 2 aliphatic rings. The van der Waals surface area contributed by atoms with Gasteiger partial charge in [-0.25, -0.2) is 0 Å². The third kappa shape index (κ3) is 5.24. The number of aromatic nitrogens is 2. The predicted molar refractivity (Wildman–Crippen MR) is 149 cm³/mol. The summed E-state index contributed by atoms with van der Waals surface area (Å²) in [7, 11) is 4.09. The van der Waals surface area contributed by atoms with Gasteiger partial charge >= 0.3 is 0 Å². The molecule has 0 unspecified atom stereocenters. The van der Waals surface area contributed by atoms with E-state index in [9.17, 15) is 0 Å². The van der Waals surface area contributed by atoms with Gasteiger partial charge in [0.15, 0.2) is 0 Å². The number of rotatable bonds is 7. The standard InChI is InChI=1S/C30H28N6O2/c1-33-13-15-35(21-33)23-5-3-7-25(17-23)37-27-9-11-31-29(19-27)30-20-28(10-12-32-30)38-26-8-4-6-24(18-26)36-16-14-34(2)22-36/h3-20H,21-22H2,1-2H3. The van der Waals surface area contributed by atoms with Crippen LogP contribution in [0.4, 0.5) is 11.4 Å². The van der Waals surface area contributed by atoms with Gasteiger partial charge in [-0.3, -0.25) is 9.97 Å². The van der Waals surface area contributed by atoms with Gasteiger partial charge in [0.05, 0.1) is 24.7 Å². The molecule has 2 aromatic carbocycles. The molecule has 0 saturated heterocycles.